The van der Waals surface area contributed by atoms with E-state index in [9.17, 15) is 4.79 Å². The topological polar surface area (TPSA) is 91.0 Å². The predicted molar refractivity (Wildman–Crippen MR) is 50.6 cm³/mol. The quantitative estimate of drug-likeness (QED) is 0.366. The molecule has 0 aromatic carbocycles. The van der Waals surface area contributed by atoms with Gasteiger partial charge < -0.3 is 16.4 Å². The van der Waals surface area contributed by atoms with Gasteiger partial charge in [0, 0.05) is 6.54 Å². The molecule has 0 saturated heterocycles. The largest absolute Gasteiger partial charge is 0.386 e. The van der Waals surface area contributed by atoms with E-state index in [0.29, 0.717) is 12.5 Å². The van der Waals surface area contributed by atoms with Gasteiger partial charge in [0.15, 0.2) is 0 Å². The predicted octanol–water partition coefficient (Wildman–Crippen LogP) is 0.0201. The molecule has 2 amide bonds. The van der Waals surface area contributed by atoms with Crippen LogP contribution in [0.4, 0.5) is 4.79 Å². The van der Waals surface area contributed by atoms with Crippen LogP contribution in [-0.2, 0) is 0 Å². The van der Waals surface area contributed by atoms with Gasteiger partial charge in [0.25, 0.3) is 0 Å². The molecular weight excluding hydrogens is 168 g/mol. The van der Waals surface area contributed by atoms with Crippen molar-refractivity contribution in [1.82, 2.24) is 10.6 Å². The Morgan fingerprint density at radius 1 is 1.69 bits per heavy atom. The maximum atomic E-state index is 11.1. The molecule has 1 saturated carbocycles. The molecule has 1 atom stereocenters. The summed E-state index contributed by atoms with van der Waals surface area (Å²) in [6.07, 6.45) is 2.10. The first kappa shape index (κ1) is 9.83. The minimum absolute atomic E-state index is 0.0498. The lowest BCUT2D eigenvalue weighted by atomic mass is 10.2. The fraction of sp³-hybridized carbons (Fsp3) is 0.750. The number of amides is 2. The Kier molecular flexibility index (Phi) is 3.11. The van der Waals surface area contributed by atoms with Gasteiger partial charge in [-0.25, -0.2) is 4.79 Å². The lowest BCUT2D eigenvalue weighted by molar-refractivity contribution is 0.239. The third kappa shape index (κ3) is 2.93. The molecule has 0 heterocycles. The molecule has 5 nitrogen and oxygen atoms in total. The third-order valence-electron chi connectivity index (χ3n) is 2.05. The van der Waals surface area contributed by atoms with Gasteiger partial charge in [0.1, 0.15) is 5.84 Å². The summed E-state index contributed by atoms with van der Waals surface area (Å²) in [7, 11) is 0. The number of carbonyl (C=O) groups is 1. The van der Waals surface area contributed by atoms with E-state index in [0.717, 1.165) is 12.8 Å². The van der Waals surface area contributed by atoms with E-state index < -0.39 is 0 Å². The molecule has 0 aromatic rings. The average Bonchev–Trinajstić information content (AvgIpc) is 2.82. The van der Waals surface area contributed by atoms with E-state index in [4.69, 9.17) is 11.1 Å². The lowest BCUT2D eigenvalue weighted by Gasteiger charge is -2.16. The monoisotopic (exact) mass is 184 g/mol. The van der Waals surface area contributed by atoms with Crippen molar-refractivity contribution < 1.29 is 4.79 Å². The van der Waals surface area contributed by atoms with E-state index in [-0.39, 0.29) is 17.9 Å². The first-order valence-corrected chi connectivity index (χ1v) is 4.53. The third-order valence-corrected chi connectivity index (χ3v) is 2.05. The Labute approximate surface area is 77.6 Å². The number of hydrogen-bond acceptors (Lipinski definition) is 2. The molecule has 74 valence electrons. The second-order valence-electron chi connectivity index (χ2n) is 3.27. The standard InChI is InChI=1S/C8H16N4O/c1-2-11-8(13)12-6(7(9)10)5-3-4-5/h5-6H,2-4H2,1H3,(H3,9,10)(H2,11,12,13). The number of amidine groups is 1. The van der Waals surface area contributed by atoms with Gasteiger partial charge in [0.05, 0.1) is 6.04 Å². The summed E-state index contributed by atoms with van der Waals surface area (Å²) in [6.45, 7) is 2.43. The number of rotatable bonds is 4. The fourth-order valence-corrected chi connectivity index (χ4v) is 1.23. The molecule has 1 fully saturated rings. The van der Waals surface area contributed by atoms with Crippen molar-refractivity contribution in [3.8, 4) is 0 Å². The summed E-state index contributed by atoms with van der Waals surface area (Å²) >= 11 is 0. The maximum Gasteiger partial charge on any atom is 0.315 e. The average molecular weight is 184 g/mol. The van der Waals surface area contributed by atoms with Crippen molar-refractivity contribution in [3.63, 3.8) is 0 Å². The van der Waals surface area contributed by atoms with Crippen molar-refractivity contribution in [3.05, 3.63) is 0 Å². The van der Waals surface area contributed by atoms with Gasteiger partial charge in [-0.15, -0.1) is 0 Å². The van der Waals surface area contributed by atoms with E-state index in [1.54, 1.807) is 0 Å². The van der Waals surface area contributed by atoms with Crippen molar-refractivity contribution in [2.75, 3.05) is 6.54 Å². The molecule has 13 heavy (non-hydrogen) atoms. The zero-order valence-electron chi connectivity index (χ0n) is 7.76. The highest BCUT2D eigenvalue weighted by molar-refractivity contribution is 5.88. The summed E-state index contributed by atoms with van der Waals surface area (Å²) in [5.41, 5.74) is 5.36. The second kappa shape index (κ2) is 4.11. The van der Waals surface area contributed by atoms with Crippen LogP contribution in [0, 0.1) is 11.3 Å². The van der Waals surface area contributed by atoms with Crippen LogP contribution in [0.15, 0.2) is 0 Å². The fourth-order valence-electron chi connectivity index (χ4n) is 1.23. The number of hydrogen-bond donors (Lipinski definition) is 4. The van der Waals surface area contributed by atoms with Crippen LogP contribution in [-0.4, -0.2) is 24.5 Å². The van der Waals surface area contributed by atoms with Gasteiger partial charge in [-0.2, -0.15) is 0 Å². The lowest BCUT2D eigenvalue weighted by Crippen LogP contribution is -2.49. The molecule has 0 bridgehead atoms. The normalized spacial score (nSPS) is 17.6. The van der Waals surface area contributed by atoms with E-state index in [2.05, 4.69) is 10.6 Å². The van der Waals surface area contributed by atoms with Gasteiger partial charge in [-0.05, 0) is 25.7 Å². The highest BCUT2D eigenvalue weighted by Gasteiger charge is 2.34. The van der Waals surface area contributed by atoms with Crippen LogP contribution >= 0.6 is 0 Å². The van der Waals surface area contributed by atoms with Crippen LogP contribution in [0.3, 0.4) is 0 Å². The molecule has 0 radical (unpaired) electrons. The van der Waals surface area contributed by atoms with Crippen LogP contribution in [0.5, 0.6) is 0 Å². The molecule has 1 unspecified atom stereocenters. The van der Waals surface area contributed by atoms with Crippen LogP contribution in [0.25, 0.3) is 0 Å². The van der Waals surface area contributed by atoms with Gasteiger partial charge in [0.2, 0.25) is 0 Å². The molecule has 5 heteroatoms. The van der Waals surface area contributed by atoms with Crippen molar-refractivity contribution in [1.29, 1.82) is 5.41 Å². The SMILES string of the molecule is CCNC(=O)NC(C(=N)N)C1CC1. The number of urea groups is 1. The molecular formula is C8H16N4O. The Morgan fingerprint density at radius 3 is 2.69 bits per heavy atom. The molecule has 0 aromatic heterocycles. The molecule has 1 rings (SSSR count). The molecule has 5 N–H and O–H groups in total. The van der Waals surface area contributed by atoms with Crippen molar-refractivity contribution in [2.24, 2.45) is 11.7 Å². The minimum Gasteiger partial charge on any atom is -0.386 e. The first-order chi connectivity index (χ1) is 6.15. The summed E-state index contributed by atoms with van der Waals surface area (Å²) in [5, 5.41) is 12.6. The Hall–Kier alpha value is -1.26. The summed E-state index contributed by atoms with van der Waals surface area (Å²) in [5.74, 6) is 0.425. The Balaban J connectivity index is 2.37. The van der Waals surface area contributed by atoms with Gasteiger partial charge in [-0.3, -0.25) is 5.41 Å². The molecule has 1 aliphatic rings. The minimum atomic E-state index is -0.272. The van der Waals surface area contributed by atoms with Gasteiger partial charge >= 0.3 is 6.03 Å². The highest BCUT2D eigenvalue weighted by Crippen LogP contribution is 2.32. The van der Waals surface area contributed by atoms with E-state index in [1.165, 1.54) is 0 Å². The molecule has 1 aliphatic carbocycles. The number of nitrogens with one attached hydrogen (secondary N) is 3. The Morgan fingerprint density at radius 2 is 2.31 bits per heavy atom. The second-order valence-corrected chi connectivity index (χ2v) is 3.27. The Bertz CT molecular complexity index is 212. The smallest absolute Gasteiger partial charge is 0.315 e. The van der Waals surface area contributed by atoms with Crippen LogP contribution in [0.2, 0.25) is 0 Å². The van der Waals surface area contributed by atoms with Crippen LogP contribution in [0.1, 0.15) is 19.8 Å². The summed E-state index contributed by atoms with van der Waals surface area (Å²) in [4.78, 5) is 11.1. The molecule has 0 aliphatic heterocycles. The van der Waals surface area contributed by atoms with Crippen molar-refractivity contribution in [2.45, 2.75) is 25.8 Å². The van der Waals surface area contributed by atoms with Gasteiger partial charge in [-0.1, -0.05) is 0 Å². The number of nitrogens with two attached hydrogens (primary N) is 1. The first-order valence-electron chi connectivity index (χ1n) is 4.53. The zero-order chi connectivity index (χ0) is 9.84. The summed E-state index contributed by atoms with van der Waals surface area (Å²) in [6, 6.07) is -0.513. The van der Waals surface area contributed by atoms with E-state index in [1.807, 2.05) is 6.92 Å². The van der Waals surface area contributed by atoms with Crippen LogP contribution < -0.4 is 16.4 Å². The maximum absolute atomic E-state index is 11.1. The number of carbonyl (C=O) groups excluding carboxylic acids is 1. The highest BCUT2D eigenvalue weighted by atomic mass is 16.2. The summed E-state index contributed by atoms with van der Waals surface area (Å²) < 4.78 is 0. The van der Waals surface area contributed by atoms with Crippen molar-refractivity contribution >= 4 is 11.9 Å². The van der Waals surface area contributed by atoms with E-state index >= 15 is 0 Å². The zero-order valence-corrected chi connectivity index (χ0v) is 7.76. The molecule has 0 spiro atoms.